The van der Waals surface area contributed by atoms with E-state index in [1.807, 2.05) is 0 Å². The highest BCUT2D eigenvalue weighted by Gasteiger charge is 2.18. The van der Waals surface area contributed by atoms with E-state index in [0.717, 1.165) is 10.4 Å². The van der Waals surface area contributed by atoms with Crippen molar-refractivity contribution in [2.24, 2.45) is 0 Å². The summed E-state index contributed by atoms with van der Waals surface area (Å²) in [6.45, 7) is 0. The Morgan fingerprint density at radius 2 is 1.82 bits per heavy atom. The second-order valence-electron chi connectivity index (χ2n) is 4.82. The largest absolute Gasteiger partial charge is 0.478 e. The molecule has 0 saturated carbocycles. The van der Waals surface area contributed by atoms with Gasteiger partial charge in [0.25, 0.3) is 0 Å². The third-order valence-electron chi connectivity index (χ3n) is 3.14. The van der Waals surface area contributed by atoms with Gasteiger partial charge in [-0.15, -0.1) is 0 Å². The monoisotopic (exact) mass is 323 g/mol. The van der Waals surface area contributed by atoms with E-state index in [1.54, 1.807) is 6.07 Å². The van der Waals surface area contributed by atoms with Crippen LogP contribution in [-0.4, -0.2) is 37.9 Å². The number of nitrogens with zero attached hydrogens (tertiary/aromatic N) is 1. The van der Waals surface area contributed by atoms with Gasteiger partial charge >= 0.3 is 5.97 Å². The van der Waals surface area contributed by atoms with Crippen molar-refractivity contribution in [1.82, 2.24) is 4.31 Å². The van der Waals surface area contributed by atoms with Crippen LogP contribution in [-0.2, 0) is 10.0 Å². The Kier molecular flexibility index (Phi) is 4.30. The molecule has 0 atom stereocenters. The van der Waals surface area contributed by atoms with Gasteiger partial charge in [-0.05, 0) is 29.8 Å². The topological polar surface area (TPSA) is 74.7 Å². The molecule has 0 radical (unpaired) electrons. The second kappa shape index (κ2) is 5.86. The molecule has 7 heteroatoms. The van der Waals surface area contributed by atoms with Crippen molar-refractivity contribution in [3.63, 3.8) is 0 Å². The predicted molar refractivity (Wildman–Crippen MR) is 79.7 cm³/mol. The minimum Gasteiger partial charge on any atom is -0.478 e. The van der Waals surface area contributed by atoms with Crippen LogP contribution in [0.3, 0.4) is 0 Å². The molecule has 2 rings (SSSR count). The molecule has 0 amide bonds. The summed E-state index contributed by atoms with van der Waals surface area (Å²) in [5.74, 6) is -1.95. The summed E-state index contributed by atoms with van der Waals surface area (Å²) < 4.78 is 39.3. The van der Waals surface area contributed by atoms with Crippen LogP contribution in [0.1, 0.15) is 10.4 Å². The molecule has 0 aliphatic carbocycles. The van der Waals surface area contributed by atoms with Crippen LogP contribution in [0.5, 0.6) is 0 Å². The number of rotatable bonds is 4. The molecule has 0 fully saturated rings. The van der Waals surface area contributed by atoms with Crippen molar-refractivity contribution in [2.75, 3.05) is 14.1 Å². The molecule has 2 aromatic carbocycles. The van der Waals surface area contributed by atoms with Crippen molar-refractivity contribution < 1.29 is 22.7 Å². The lowest BCUT2D eigenvalue weighted by Gasteiger charge is -2.12. The number of aromatic carboxylic acids is 1. The molecule has 0 heterocycles. The van der Waals surface area contributed by atoms with Crippen molar-refractivity contribution >= 4 is 16.0 Å². The highest BCUT2D eigenvalue weighted by molar-refractivity contribution is 7.89. The fraction of sp³-hybridized carbons (Fsp3) is 0.133. The van der Waals surface area contributed by atoms with E-state index < -0.39 is 21.8 Å². The van der Waals surface area contributed by atoms with E-state index in [1.165, 1.54) is 44.4 Å². The van der Waals surface area contributed by atoms with Gasteiger partial charge in [0, 0.05) is 19.7 Å². The van der Waals surface area contributed by atoms with Crippen molar-refractivity contribution in [3.05, 3.63) is 53.8 Å². The highest BCUT2D eigenvalue weighted by atomic mass is 32.2. The summed E-state index contributed by atoms with van der Waals surface area (Å²) in [6, 6.07) is 9.35. The molecule has 0 spiro atoms. The summed E-state index contributed by atoms with van der Waals surface area (Å²) in [5, 5.41) is 8.83. The number of carboxylic acids is 1. The van der Waals surface area contributed by atoms with Gasteiger partial charge in [0.15, 0.2) is 0 Å². The fourth-order valence-electron chi connectivity index (χ4n) is 1.92. The molecule has 0 unspecified atom stereocenters. The first-order chi connectivity index (χ1) is 10.2. The van der Waals surface area contributed by atoms with Crippen LogP contribution in [0.15, 0.2) is 47.4 Å². The predicted octanol–water partition coefficient (Wildman–Crippen LogP) is 2.44. The van der Waals surface area contributed by atoms with Gasteiger partial charge in [-0.25, -0.2) is 21.9 Å². The molecular formula is C15H14FNO4S. The van der Waals surface area contributed by atoms with Crippen LogP contribution in [0, 0.1) is 5.82 Å². The Morgan fingerprint density at radius 3 is 2.36 bits per heavy atom. The van der Waals surface area contributed by atoms with Crippen LogP contribution in [0.2, 0.25) is 0 Å². The van der Waals surface area contributed by atoms with Crippen LogP contribution in [0.4, 0.5) is 4.39 Å². The van der Waals surface area contributed by atoms with Crippen molar-refractivity contribution in [3.8, 4) is 11.1 Å². The summed E-state index contributed by atoms with van der Waals surface area (Å²) in [6.07, 6.45) is 0. The number of hydrogen-bond donors (Lipinski definition) is 1. The molecule has 5 nitrogen and oxygen atoms in total. The zero-order valence-electron chi connectivity index (χ0n) is 11.9. The summed E-state index contributed by atoms with van der Waals surface area (Å²) in [7, 11) is -0.811. The van der Waals surface area contributed by atoms with Crippen molar-refractivity contribution in [2.45, 2.75) is 4.90 Å². The quantitative estimate of drug-likeness (QED) is 0.938. The van der Waals surface area contributed by atoms with Gasteiger partial charge in [-0.1, -0.05) is 18.2 Å². The minimum atomic E-state index is -3.63. The third kappa shape index (κ3) is 3.00. The normalized spacial score (nSPS) is 11.6. The van der Waals surface area contributed by atoms with E-state index in [9.17, 15) is 17.6 Å². The standard InChI is InChI=1S/C15H14FNO4S/c1-17(2)22(20,21)12-5-3-4-10(8-12)13-7-6-11(15(18)19)9-14(13)16/h3-9H,1-2H3,(H,18,19). The molecule has 22 heavy (non-hydrogen) atoms. The Labute approximate surface area is 127 Å². The molecule has 1 N–H and O–H groups in total. The lowest BCUT2D eigenvalue weighted by molar-refractivity contribution is 0.0696. The zero-order chi connectivity index (χ0) is 16.5. The first kappa shape index (κ1) is 16.1. The first-order valence-corrected chi connectivity index (χ1v) is 7.73. The number of benzene rings is 2. The van der Waals surface area contributed by atoms with E-state index in [0.29, 0.717) is 5.56 Å². The molecule has 0 aliphatic heterocycles. The number of sulfonamides is 1. The molecule has 2 aromatic rings. The Bertz CT molecular complexity index is 831. The lowest BCUT2D eigenvalue weighted by atomic mass is 10.0. The maximum atomic E-state index is 14.1. The average molecular weight is 323 g/mol. The van der Waals surface area contributed by atoms with Crippen LogP contribution < -0.4 is 0 Å². The molecular weight excluding hydrogens is 309 g/mol. The summed E-state index contributed by atoms with van der Waals surface area (Å²) in [4.78, 5) is 10.8. The van der Waals surface area contributed by atoms with Crippen molar-refractivity contribution in [1.29, 1.82) is 0 Å². The van der Waals surface area contributed by atoms with Gasteiger partial charge < -0.3 is 5.11 Å². The Hall–Kier alpha value is -2.25. The van der Waals surface area contributed by atoms with Crippen LogP contribution >= 0.6 is 0 Å². The molecule has 0 aliphatic rings. The molecule has 0 aromatic heterocycles. The fourth-order valence-corrected chi connectivity index (χ4v) is 2.87. The minimum absolute atomic E-state index is 0.0386. The van der Waals surface area contributed by atoms with E-state index >= 15 is 0 Å². The van der Waals surface area contributed by atoms with E-state index in [4.69, 9.17) is 5.11 Å². The van der Waals surface area contributed by atoms with Gasteiger partial charge in [0.1, 0.15) is 5.82 Å². The van der Waals surface area contributed by atoms with E-state index in [2.05, 4.69) is 0 Å². The third-order valence-corrected chi connectivity index (χ3v) is 4.95. The van der Waals surface area contributed by atoms with Gasteiger partial charge in [-0.2, -0.15) is 0 Å². The molecule has 116 valence electrons. The highest BCUT2D eigenvalue weighted by Crippen LogP contribution is 2.26. The first-order valence-electron chi connectivity index (χ1n) is 6.29. The Balaban J connectivity index is 2.54. The van der Waals surface area contributed by atoms with Crippen LogP contribution in [0.25, 0.3) is 11.1 Å². The van der Waals surface area contributed by atoms with Gasteiger partial charge in [-0.3, -0.25) is 0 Å². The van der Waals surface area contributed by atoms with E-state index in [-0.39, 0.29) is 16.0 Å². The molecule has 0 bridgehead atoms. The lowest BCUT2D eigenvalue weighted by Crippen LogP contribution is -2.22. The number of carboxylic acid groups (broad SMARTS) is 1. The Morgan fingerprint density at radius 1 is 1.14 bits per heavy atom. The summed E-state index contributed by atoms with van der Waals surface area (Å²) in [5.41, 5.74) is 0.330. The SMILES string of the molecule is CN(C)S(=O)(=O)c1cccc(-c2ccc(C(=O)O)cc2F)c1. The maximum absolute atomic E-state index is 14.1. The number of halogens is 1. The maximum Gasteiger partial charge on any atom is 0.335 e. The summed E-state index contributed by atoms with van der Waals surface area (Å²) >= 11 is 0. The number of carbonyl (C=O) groups is 1. The number of hydrogen-bond acceptors (Lipinski definition) is 3. The van der Waals surface area contributed by atoms with Gasteiger partial charge in [0.05, 0.1) is 10.5 Å². The second-order valence-corrected chi connectivity index (χ2v) is 6.97. The smallest absolute Gasteiger partial charge is 0.335 e. The van der Waals surface area contributed by atoms with Gasteiger partial charge in [0.2, 0.25) is 10.0 Å². The average Bonchev–Trinajstić information content (AvgIpc) is 2.47. The zero-order valence-corrected chi connectivity index (χ0v) is 12.8. The molecule has 0 saturated heterocycles.